The smallest absolute Gasteiger partial charge is 0.276 e. The molecule has 1 aromatic heterocycles. The molecule has 1 N–H and O–H groups in total. The number of aliphatic imine (C=N–C) groups is 1. The van der Waals surface area contributed by atoms with Crippen LogP contribution in [0.15, 0.2) is 82.6 Å². The Morgan fingerprint density at radius 3 is 2.61 bits per heavy atom. The van der Waals surface area contributed by atoms with E-state index in [1.54, 1.807) is 36.1 Å². The van der Waals surface area contributed by atoms with Crippen molar-refractivity contribution in [3.63, 3.8) is 0 Å². The highest BCUT2D eigenvalue weighted by Gasteiger charge is 2.35. The number of benzene rings is 3. The molecule has 222 valence electrons. The lowest BCUT2D eigenvalue weighted by molar-refractivity contribution is 0.0342. The van der Waals surface area contributed by atoms with Crippen LogP contribution in [0.25, 0.3) is 10.9 Å². The summed E-state index contributed by atoms with van der Waals surface area (Å²) < 4.78 is 7.15. The Balaban J connectivity index is 1.46. The van der Waals surface area contributed by atoms with Crippen molar-refractivity contribution in [3.8, 4) is 6.07 Å². The van der Waals surface area contributed by atoms with Gasteiger partial charge in [-0.05, 0) is 59.2 Å². The minimum absolute atomic E-state index is 0.176. The number of hydrogen-bond donors (Lipinski definition) is 1. The van der Waals surface area contributed by atoms with Gasteiger partial charge >= 0.3 is 0 Å². The summed E-state index contributed by atoms with van der Waals surface area (Å²) in [7, 11) is 1.75. The Kier molecular flexibility index (Phi) is 8.40. The van der Waals surface area contributed by atoms with E-state index < -0.39 is 16.9 Å². The zero-order valence-electron chi connectivity index (χ0n) is 24.3. The third-order valence-electron chi connectivity index (χ3n) is 8.05. The molecule has 6 rings (SSSR count). The van der Waals surface area contributed by atoms with Crippen LogP contribution in [0.2, 0.25) is 5.02 Å². The molecule has 3 aromatic carbocycles. The number of nitrogens with one attached hydrogen (secondary N) is 1. The average molecular weight is 607 g/mol. The molecule has 9 nitrogen and oxygen atoms in total. The summed E-state index contributed by atoms with van der Waals surface area (Å²) in [6.07, 6.45) is 6.16. The molecule has 1 atom stereocenters. The van der Waals surface area contributed by atoms with E-state index in [-0.39, 0.29) is 12.2 Å². The van der Waals surface area contributed by atoms with Crippen molar-refractivity contribution in [2.45, 2.75) is 25.0 Å². The van der Waals surface area contributed by atoms with E-state index in [0.29, 0.717) is 47.7 Å². The fourth-order valence-electron chi connectivity index (χ4n) is 5.89. The summed E-state index contributed by atoms with van der Waals surface area (Å²) in [5, 5.41) is 17.8. The van der Waals surface area contributed by atoms with Gasteiger partial charge in [0.15, 0.2) is 5.69 Å². The van der Waals surface area contributed by atoms with Gasteiger partial charge in [-0.25, -0.2) is 0 Å². The highest BCUT2D eigenvalue weighted by Crippen LogP contribution is 2.38. The Hall–Kier alpha value is -4.62. The van der Waals surface area contributed by atoms with Crippen LogP contribution in [-0.4, -0.2) is 53.1 Å². The van der Waals surface area contributed by atoms with Gasteiger partial charge in [0.25, 0.3) is 5.91 Å². The largest absolute Gasteiger partial charge is 0.379 e. The lowest BCUT2D eigenvalue weighted by atomic mass is 9.82. The van der Waals surface area contributed by atoms with Gasteiger partial charge in [-0.2, -0.15) is 10.4 Å². The SMILES string of the molecule is Cn1nc(C(=O)NCc2ccc(Cl)cc2)c(=O)c2cc(CN3CCOCC3)cc(C3(Cc4cccc(C#N)c4)C=CC=N3)c21. The zero-order valence-corrected chi connectivity index (χ0v) is 25.1. The van der Waals surface area contributed by atoms with Gasteiger partial charge in [0.1, 0.15) is 5.54 Å². The summed E-state index contributed by atoms with van der Waals surface area (Å²) in [5.41, 5.74) is 3.26. The number of aryl methyl sites for hydroxylation is 1. The molecule has 0 spiro atoms. The molecule has 0 bridgehead atoms. The summed E-state index contributed by atoms with van der Waals surface area (Å²) >= 11 is 5.99. The first kappa shape index (κ1) is 29.5. The monoisotopic (exact) mass is 606 g/mol. The van der Waals surface area contributed by atoms with Crippen molar-refractivity contribution < 1.29 is 9.53 Å². The molecule has 4 aromatic rings. The molecule has 2 aliphatic heterocycles. The van der Waals surface area contributed by atoms with Crippen molar-refractivity contribution >= 4 is 34.6 Å². The number of halogens is 1. The average Bonchev–Trinajstić information content (AvgIpc) is 3.52. The molecule has 44 heavy (non-hydrogen) atoms. The molecule has 1 amide bonds. The number of carbonyl (C=O) groups excluding carboxylic acids is 1. The van der Waals surface area contributed by atoms with Gasteiger partial charge < -0.3 is 10.1 Å². The van der Waals surface area contributed by atoms with Gasteiger partial charge in [-0.15, -0.1) is 0 Å². The number of hydrogen-bond acceptors (Lipinski definition) is 7. The summed E-state index contributed by atoms with van der Waals surface area (Å²) in [6, 6.07) is 20.8. The Morgan fingerprint density at radius 2 is 1.89 bits per heavy atom. The second kappa shape index (κ2) is 12.5. The van der Waals surface area contributed by atoms with E-state index in [9.17, 15) is 14.9 Å². The van der Waals surface area contributed by atoms with E-state index in [4.69, 9.17) is 21.3 Å². The molecule has 2 aliphatic rings. The van der Waals surface area contributed by atoms with Crippen molar-refractivity contribution in [3.05, 3.63) is 122 Å². The number of amides is 1. The molecule has 1 fully saturated rings. The normalized spacial score (nSPS) is 18.0. The second-order valence-corrected chi connectivity index (χ2v) is 11.5. The molecule has 0 radical (unpaired) electrons. The maximum Gasteiger partial charge on any atom is 0.276 e. The molecule has 0 saturated carbocycles. The Morgan fingerprint density at radius 1 is 1.09 bits per heavy atom. The highest BCUT2D eigenvalue weighted by molar-refractivity contribution is 6.30. The van der Waals surface area contributed by atoms with E-state index in [2.05, 4.69) is 27.5 Å². The number of aromatic nitrogens is 2. The van der Waals surface area contributed by atoms with Crippen LogP contribution < -0.4 is 10.7 Å². The molecule has 0 aliphatic carbocycles. The number of morpholine rings is 1. The molecular weight excluding hydrogens is 576 g/mol. The van der Waals surface area contributed by atoms with Crippen LogP contribution in [-0.2, 0) is 36.8 Å². The molecule has 1 unspecified atom stereocenters. The molecule has 1 saturated heterocycles. The van der Waals surface area contributed by atoms with E-state index in [1.807, 2.05) is 48.6 Å². The van der Waals surface area contributed by atoms with E-state index >= 15 is 0 Å². The van der Waals surface area contributed by atoms with Crippen molar-refractivity contribution in [1.82, 2.24) is 20.0 Å². The summed E-state index contributed by atoms with van der Waals surface area (Å²) in [4.78, 5) is 34.6. The van der Waals surface area contributed by atoms with Crippen LogP contribution in [0.3, 0.4) is 0 Å². The maximum absolute atomic E-state index is 14.1. The van der Waals surface area contributed by atoms with Crippen molar-refractivity contribution in [1.29, 1.82) is 5.26 Å². The zero-order chi connectivity index (χ0) is 30.7. The number of nitriles is 1. The molecule has 10 heteroatoms. The van der Waals surface area contributed by atoms with Crippen molar-refractivity contribution in [2.24, 2.45) is 12.0 Å². The predicted octanol–water partition coefficient (Wildman–Crippen LogP) is 4.30. The predicted molar refractivity (Wildman–Crippen MR) is 170 cm³/mol. The van der Waals surface area contributed by atoms with Gasteiger partial charge in [0.2, 0.25) is 5.43 Å². The topological polar surface area (TPSA) is 113 Å². The van der Waals surface area contributed by atoms with Crippen molar-refractivity contribution in [2.75, 3.05) is 26.3 Å². The fraction of sp³-hybridized carbons (Fsp3) is 0.265. The standard InChI is InChI=1S/C34H31ClN6O3/c1-40-31-28(32(42)30(39-40)33(43)37-21-23-6-8-27(35)9-7-23)17-26(22-41-12-14-44-15-13-41)18-29(31)34(10-3-11-38-34)19-24-4-2-5-25(16-24)20-36/h2-11,16-18H,12-15,19,21-22H2,1H3,(H,37,43). The quantitative estimate of drug-likeness (QED) is 0.320. The maximum atomic E-state index is 14.1. The van der Waals surface area contributed by atoms with Crippen LogP contribution in [0.4, 0.5) is 0 Å². The number of fused-ring (bicyclic) bond motifs is 1. The van der Waals surface area contributed by atoms with Crippen LogP contribution in [0.5, 0.6) is 0 Å². The van der Waals surface area contributed by atoms with Crippen LogP contribution >= 0.6 is 11.6 Å². The molecular formula is C34H31ClN6O3. The first-order valence-electron chi connectivity index (χ1n) is 14.4. The Bertz CT molecular complexity index is 1870. The van der Waals surface area contributed by atoms with E-state index in [0.717, 1.165) is 35.3 Å². The summed E-state index contributed by atoms with van der Waals surface area (Å²) in [5.74, 6) is -0.551. The fourth-order valence-corrected chi connectivity index (χ4v) is 6.01. The third kappa shape index (κ3) is 6.06. The summed E-state index contributed by atoms with van der Waals surface area (Å²) in [6.45, 7) is 3.70. The number of ether oxygens (including phenoxy) is 1. The van der Waals surface area contributed by atoms with Crippen LogP contribution in [0.1, 0.15) is 38.3 Å². The second-order valence-electron chi connectivity index (χ2n) is 11.1. The first-order valence-corrected chi connectivity index (χ1v) is 14.8. The van der Waals surface area contributed by atoms with Gasteiger partial charge in [0, 0.05) is 56.4 Å². The van der Waals surface area contributed by atoms with Gasteiger partial charge in [0.05, 0.1) is 35.7 Å². The van der Waals surface area contributed by atoms with Crippen LogP contribution in [0, 0.1) is 11.3 Å². The minimum Gasteiger partial charge on any atom is -0.379 e. The highest BCUT2D eigenvalue weighted by atomic mass is 35.5. The van der Waals surface area contributed by atoms with Gasteiger partial charge in [-0.1, -0.05) is 41.9 Å². The third-order valence-corrected chi connectivity index (χ3v) is 8.31. The minimum atomic E-state index is -0.836. The number of allylic oxidation sites excluding steroid dienone is 1. The first-order chi connectivity index (χ1) is 21.3. The number of carbonyl (C=O) groups is 1. The van der Waals surface area contributed by atoms with Gasteiger partial charge in [-0.3, -0.25) is 24.2 Å². The van der Waals surface area contributed by atoms with E-state index in [1.165, 1.54) is 0 Å². The number of nitrogens with zero attached hydrogens (tertiary/aromatic N) is 5. The Labute approximate surface area is 260 Å². The lowest BCUT2D eigenvalue weighted by Gasteiger charge is -2.30. The number of rotatable bonds is 8. The lowest BCUT2D eigenvalue weighted by Crippen LogP contribution is -2.36. The molecule has 3 heterocycles.